The van der Waals surface area contributed by atoms with Crippen LogP contribution in [-0.4, -0.2) is 48.0 Å². The quantitative estimate of drug-likeness (QED) is 0.849. The molecule has 4 heteroatoms. The lowest BCUT2D eigenvalue weighted by Crippen LogP contribution is -2.49. The van der Waals surface area contributed by atoms with E-state index in [0.717, 1.165) is 26.1 Å². The molecule has 0 radical (unpaired) electrons. The molecule has 2 saturated heterocycles. The monoisotopic (exact) mass is 270 g/mol. The van der Waals surface area contributed by atoms with Gasteiger partial charge in [-0.3, -0.25) is 4.79 Å². The van der Waals surface area contributed by atoms with Crippen molar-refractivity contribution in [3.63, 3.8) is 0 Å². The summed E-state index contributed by atoms with van der Waals surface area (Å²) in [5, 5.41) is 3.41. The molecular weight excluding hydrogens is 244 g/mol. The third-order valence-corrected chi connectivity index (χ3v) is 5.23. The molecule has 104 valence electrons. The van der Waals surface area contributed by atoms with Crippen LogP contribution in [0.25, 0.3) is 0 Å². The SMILES string of the molecule is CCN(C(=O)CC1CCSCC1)C1CCCNC1. The molecule has 0 aromatic carbocycles. The number of amides is 1. The van der Waals surface area contributed by atoms with Crippen LogP contribution in [0.3, 0.4) is 0 Å². The number of hydrogen-bond acceptors (Lipinski definition) is 3. The van der Waals surface area contributed by atoms with E-state index in [1.165, 1.54) is 37.2 Å². The molecule has 3 nitrogen and oxygen atoms in total. The number of carbonyl (C=O) groups excluding carboxylic acids is 1. The summed E-state index contributed by atoms with van der Waals surface area (Å²) in [5.74, 6) is 3.52. The van der Waals surface area contributed by atoms with Crippen LogP contribution >= 0.6 is 11.8 Å². The highest BCUT2D eigenvalue weighted by molar-refractivity contribution is 7.99. The second-order valence-electron chi connectivity index (χ2n) is 5.44. The summed E-state index contributed by atoms with van der Waals surface area (Å²) in [4.78, 5) is 14.6. The number of carbonyl (C=O) groups is 1. The molecule has 1 amide bonds. The van der Waals surface area contributed by atoms with Crippen molar-refractivity contribution < 1.29 is 4.79 Å². The zero-order chi connectivity index (χ0) is 12.8. The summed E-state index contributed by atoms with van der Waals surface area (Å²) in [6.07, 6.45) is 5.63. The maximum atomic E-state index is 12.4. The van der Waals surface area contributed by atoms with Crippen LogP contribution in [-0.2, 0) is 4.79 Å². The Labute approximate surface area is 115 Å². The zero-order valence-corrected chi connectivity index (χ0v) is 12.3. The van der Waals surface area contributed by atoms with E-state index in [0.29, 0.717) is 17.9 Å². The number of piperidine rings is 1. The van der Waals surface area contributed by atoms with Crippen LogP contribution in [0.2, 0.25) is 0 Å². The van der Waals surface area contributed by atoms with Gasteiger partial charge < -0.3 is 10.2 Å². The van der Waals surface area contributed by atoms with E-state index in [1.54, 1.807) is 0 Å². The number of nitrogens with one attached hydrogen (secondary N) is 1. The molecule has 0 aromatic rings. The Morgan fingerprint density at radius 2 is 2.11 bits per heavy atom. The minimum atomic E-state index is 0.392. The number of likely N-dealkylation sites (N-methyl/N-ethyl adjacent to an activating group) is 1. The molecule has 0 aromatic heterocycles. The summed E-state index contributed by atoms with van der Waals surface area (Å²) in [6, 6.07) is 0.439. The number of rotatable bonds is 4. The standard InChI is InChI=1S/C14H26N2OS/c1-2-16(13-4-3-7-15-11-13)14(17)10-12-5-8-18-9-6-12/h12-13,15H,2-11H2,1H3. The van der Waals surface area contributed by atoms with E-state index in [-0.39, 0.29) is 0 Å². The molecule has 2 aliphatic rings. The molecule has 0 saturated carbocycles. The highest BCUT2D eigenvalue weighted by Crippen LogP contribution is 2.26. The van der Waals surface area contributed by atoms with Crippen molar-refractivity contribution in [1.29, 1.82) is 0 Å². The first-order valence-electron chi connectivity index (χ1n) is 7.39. The van der Waals surface area contributed by atoms with Crippen molar-refractivity contribution >= 4 is 17.7 Å². The van der Waals surface area contributed by atoms with Crippen molar-refractivity contribution in [2.24, 2.45) is 5.92 Å². The Hall–Kier alpha value is -0.220. The number of nitrogens with zero attached hydrogens (tertiary/aromatic N) is 1. The third-order valence-electron chi connectivity index (χ3n) is 4.18. The molecule has 1 N–H and O–H groups in total. The van der Waals surface area contributed by atoms with Gasteiger partial charge in [0.25, 0.3) is 0 Å². The van der Waals surface area contributed by atoms with Gasteiger partial charge in [0.15, 0.2) is 0 Å². The van der Waals surface area contributed by atoms with Crippen LogP contribution in [0.5, 0.6) is 0 Å². The van der Waals surface area contributed by atoms with Gasteiger partial charge in [-0.25, -0.2) is 0 Å². The molecule has 1 unspecified atom stereocenters. The third kappa shape index (κ3) is 3.89. The van der Waals surface area contributed by atoms with Crippen molar-refractivity contribution in [2.75, 3.05) is 31.1 Å². The molecule has 0 spiro atoms. The summed E-state index contributed by atoms with van der Waals surface area (Å²) in [5.41, 5.74) is 0. The molecule has 2 aliphatic heterocycles. The molecular formula is C14H26N2OS. The summed E-state index contributed by atoms with van der Waals surface area (Å²) >= 11 is 2.03. The first-order valence-corrected chi connectivity index (χ1v) is 8.54. The molecule has 18 heavy (non-hydrogen) atoms. The van der Waals surface area contributed by atoms with Gasteiger partial charge in [0.2, 0.25) is 5.91 Å². The minimum absolute atomic E-state index is 0.392. The van der Waals surface area contributed by atoms with E-state index in [1.807, 2.05) is 11.8 Å². The first-order chi connectivity index (χ1) is 8.81. The fourth-order valence-corrected chi connectivity index (χ4v) is 4.26. The van der Waals surface area contributed by atoms with Crippen LogP contribution in [0.4, 0.5) is 0 Å². The normalized spacial score (nSPS) is 25.9. The van der Waals surface area contributed by atoms with E-state index in [2.05, 4.69) is 17.1 Å². The van der Waals surface area contributed by atoms with Crippen LogP contribution in [0.1, 0.15) is 39.0 Å². The smallest absolute Gasteiger partial charge is 0.223 e. The van der Waals surface area contributed by atoms with Crippen LogP contribution in [0, 0.1) is 5.92 Å². The van der Waals surface area contributed by atoms with E-state index in [4.69, 9.17) is 0 Å². The van der Waals surface area contributed by atoms with E-state index >= 15 is 0 Å². The Balaban J connectivity index is 1.83. The van der Waals surface area contributed by atoms with Gasteiger partial charge in [0.1, 0.15) is 0 Å². The van der Waals surface area contributed by atoms with Gasteiger partial charge in [-0.2, -0.15) is 11.8 Å². The largest absolute Gasteiger partial charge is 0.339 e. The van der Waals surface area contributed by atoms with E-state index in [9.17, 15) is 4.79 Å². The summed E-state index contributed by atoms with van der Waals surface area (Å²) in [7, 11) is 0. The van der Waals surface area contributed by atoms with E-state index < -0.39 is 0 Å². The second-order valence-corrected chi connectivity index (χ2v) is 6.66. The first kappa shape index (κ1) is 14.2. The molecule has 2 rings (SSSR count). The van der Waals surface area contributed by atoms with Crippen molar-refractivity contribution in [2.45, 2.75) is 45.1 Å². The van der Waals surface area contributed by atoms with Crippen LogP contribution < -0.4 is 5.32 Å². The fraction of sp³-hybridized carbons (Fsp3) is 0.929. The predicted molar refractivity (Wildman–Crippen MR) is 77.9 cm³/mol. The topological polar surface area (TPSA) is 32.3 Å². The predicted octanol–water partition coefficient (Wildman–Crippen LogP) is 2.12. The second kappa shape index (κ2) is 7.39. The Bertz CT molecular complexity index is 261. The average Bonchev–Trinajstić information content (AvgIpc) is 2.42. The van der Waals surface area contributed by atoms with Crippen molar-refractivity contribution in [3.05, 3.63) is 0 Å². The van der Waals surface area contributed by atoms with Crippen molar-refractivity contribution in [3.8, 4) is 0 Å². The summed E-state index contributed by atoms with van der Waals surface area (Å²) < 4.78 is 0. The summed E-state index contributed by atoms with van der Waals surface area (Å²) in [6.45, 7) is 5.08. The Morgan fingerprint density at radius 1 is 1.33 bits per heavy atom. The van der Waals surface area contributed by atoms with Gasteiger partial charge in [-0.05, 0) is 56.6 Å². The average molecular weight is 270 g/mol. The molecule has 0 bridgehead atoms. The van der Waals surface area contributed by atoms with Gasteiger partial charge in [-0.1, -0.05) is 0 Å². The number of thioether (sulfide) groups is 1. The van der Waals surface area contributed by atoms with Crippen LogP contribution in [0.15, 0.2) is 0 Å². The highest BCUT2D eigenvalue weighted by atomic mass is 32.2. The maximum absolute atomic E-state index is 12.4. The zero-order valence-electron chi connectivity index (χ0n) is 11.5. The highest BCUT2D eigenvalue weighted by Gasteiger charge is 2.26. The maximum Gasteiger partial charge on any atom is 0.223 e. The lowest BCUT2D eigenvalue weighted by atomic mass is 9.97. The lowest BCUT2D eigenvalue weighted by Gasteiger charge is -2.35. The molecule has 0 aliphatic carbocycles. The van der Waals surface area contributed by atoms with Gasteiger partial charge in [-0.15, -0.1) is 0 Å². The van der Waals surface area contributed by atoms with Crippen molar-refractivity contribution in [1.82, 2.24) is 10.2 Å². The molecule has 2 fully saturated rings. The Kier molecular flexibility index (Phi) is 5.83. The lowest BCUT2D eigenvalue weighted by molar-refractivity contribution is -0.134. The Morgan fingerprint density at radius 3 is 2.72 bits per heavy atom. The molecule has 2 heterocycles. The van der Waals surface area contributed by atoms with Gasteiger partial charge >= 0.3 is 0 Å². The fourth-order valence-electron chi connectivity index (χ4n) is 3.05. The molecule has 1 atom stereocenters. The van der Waals surface area contributed by atoms with Gasteiger partial charge in [0.05, 0.1) is 0 Å². The minimum Gasteiger partial charge on any atom is -0.339 e. The number of hydrogen-bond donors (Lipinski definition) is 1. The van der Waals surface area contributed by atoms with Gasteiger partial charge in [0, 0.05) is 25.6 Å².